The van der Waals surface area contributed by atoms with Gasteiger partial charge in [0.25, 0.3) is 0 Å². The van der Waals surface area contributed by atoms with Gasteiger partial charge < -0.3 is 0 Å². The van der Waals surface area contributed by atoms with E-state index in [1.54, 1.807) is 16.7 Å². The smallest absolute Gasteiger partial charge is 0.0281 e. The van der Waals surface area contributed by atoms with Gasteiger partial charge in [0.05, 0.1) is 0 Å². The molecule has 0 saturated heterocycles. The predicted octanol–water partition coefficient (Wildman–Crippen LogP) is 19.1. The highest BCUT2D eigenvalue weighted by atomic mass is 15.2. The molecule has 0 aromatic rings. The van der Waals surface area contributed by atoms with Gasteiger partial charge in [-0.2, -0.15) is 0 Å². The average molecular weight is 895 g/mol. The first-order valence-electron chi connectivity index (χ1n) is 29.4. The zero-order valence-electron chi connectivity index (χ0n) is 43.0. The molecule has 0 amide bonds. The van der Waals surface area contributed by atoms with E-state index in [4.69, 9.17) is 0 Å². The molecule has 0 aliphatic heterocycles. The first-order chi connectivity index (χ1) is 32.5. The van der Waals surface area contributed by atoms with Crippen molar-refractivity contribution in [1.82, 2.24) is 4.90 Å². The van der Waals surface area contributed by atoms with Crippen LogP contribution in [-0.2, 0) is 0 Å². The van der Waals surface area contributed by atoms with Crippen molar-refractivity contribution in [3.63, 3.8) is 0 Å². The van der Waals surface area contributed by atoms with Crippen LogP contribution in [0.25, 0.3) is 0 Å². The summed E-state index contributed by atoms with van der Waals surface area (Å²) in [4.78, 5) is 3.03. The van der Waals surface area contributed by atoms with Gasteiger partial charge in [0.15, 0.2) is 0 Å². The van der Waals surface area contributed by atoms with Crippen molar-refractivity contribution in [2.75, 3.05) is 6.54 Å². The molecule has 0 aromatic carbocycles. The van der Waals surface area contributed by atoms with Gasteiger partial charge in [-0.15, -0.1) is 0 Å². The number of hydrogen-bond acceptors (Lipinski definition) is 1. The number of allylic oxidation sites excluding steroid dienone is 16. The van der Waals surface area contributed by atoms with Gasteiger partial charge in [0.2, 0.25) is 0 Å². The third-order valence-electron chi connectivity index (χ3n) is 19.4. The Bertz CT molecular complexity index is 1760. The summed E-state index contributed by atoms with van der Waals surface area (Å²) in [6.45, 7) is 10.8. The van der Waals surface area contributed by atoms with Gasteiger partial charge in [-0.1, -0.05) is 117 Å². The van der Waals surface area contributed by atoms with Crippen LogP contribution in [-0.4, -0.2) is 23.5 Å². The first-order valence-corrected chi connectivity index (χ1v) is 29.4. The van der Waals surface area contributed by atoms with E-state index in [1.807, 2.05) is 5.57 Å². The quantitative estimate of drug-likeness (QED) is 0.0979. The average Bonchev–Trinajstić information content (AvgIpc) is 3.39. The van der Waals surface area contributed by atoms with E-state index in [0.717, 1.165) is 47.3 Å². The van der Waals surface area contributed by atoms with Crippen molar-refractivity contribution >= 4 is 0 Å². The summed E-state index contributed by atoms with van der Waals surface area (Å²) in [5.41, 5.74) is 8.30. The Morgan fingerprint density at radius 1 is 0.621 bits per heavy atom. The minimum atomic E-state index is 0.595. The maximum atomic E-state index is 4.67. The van der Waals surface area contributed by atoms with E-state index < -0.39 is 0 Å². The molecule has 11 atom stereocenters. The lowest BCUT2D eigenvalue weighted by atomic mass is 9.68. The molecule has 1 nitrogen and oxygen atoms in total. The molecule has 0 radical (unpaired) electrons. The number of nitrogens with zero attached hydrogens (tertiary/aromatic N) is 1. The Labute approximate surface area is 408 Å². The van der Waals surface area contributed by atoms with Crippen molar-refractivity contribution in [3.05, 3.63) is 107 Å². The SMILES string of the molecule is C=C(CCC(CC)N(CCCC(CCC)C1CC=CCC1)C1C=CC(C2C=CC(C(CC3=CCC(C4CC=CCC4)CC3)C[C@H]3CC=C(C4=CCCCC4)CC3)CC2)CC1)C1=CCCCC1. The molecule has 0 saturated carbocycles. The van der Waals surface area contributed by atoms with Crippen molar-refractivity contribution in [1.29, 1.82) is 0 Å². The van der Waals surface area contributed by atoms with E-state index >= 15 is 0 Å². The van der Waals surface area contributed by atoms with Crippen LogP contribution >= 0.6 is 0 Å². The summed E-state index contributed by atoms with van der Waals surface area (Å²) in [5, 5.41) is 0. The number of hydrogen-bond donors (Lipinski definition) is 0. The second kappa shape index (κ2) is 26.6. The molecule has 0 fully saturated rings. The molecule has 66 heavy (non-hydrogen) atoms. The van der Waals surface area contributed by atoms with Crippen LogP contribution in [0.5, 0.6) is 0 Å². The molecule has 0 spiro atoms. The van der Waals surface area contributed by atoms with Gasteiger partial charge in [0, 0.05) is 12.1 Å². The molecule has 1 heteroatoms. The van der Waals surface area contributed by atoms with E-state index in [2.05, 4.69) is 98.2 Å². The third kappa shape index (κ3) is 14.3. The lowest BCUT2D eigenvalue weighted by Crippen LogP contribution is -2.44. The maximum absolute atomic E-state index is 4.67. The fourth-order valence-corrected chi connectivity index (χ4v) is 15.2. The molecular weight excluding hydrogens is 795 g/mol. The second-order valence-electron chi connectivity index (χ2n) is 23.6. The molecule has 0 heterocycles. The Hall–Kier alpha value is -2.38. The molecular formula is C65H99N. The van der Waals surface area contributed by atoms with Gasteiger partial charge >= 0.3 is 0 Å². The van der Waals surface area contributed by atoms with Crippen LogP contribution in [0, 0.1) is 53.3 Å². The lowest BCUT2D eigenvalue weighted by Gasteiger charge is -2.41. The van der Waals surface area contributed by atoms with E-state index in [9.17, 15) is 0 Å². The van der Waals surface area contributed by atoms with Crippen LogP contribution in [0.2, 0.25) is 0 Å². The molecule has 0 N–H and O–H groups in total. The van der Waals surface area contributed by atoms with Gasteiger partial charge in [0.1, 0.15) is 0 Å². The molecule has 0 bridgehead atoms. The summed E-state index contributed by atoms with van der Waals surface area (Å²) < 4.78 is 0. The van der Waals surface area contributed by atoms with Crippen LogP contribution < -0.4 is 0 Å². The highest BCUT2D eigenvalue weighted by Crippen LogP contribution is 2.45. The summed E-state index contributed by atoms with van der Waals surface area (Å²) in [5.74, 6) is 7.57. The molecule has 8 aliphatic rings. The summed E-state index contributed by atoms with van der Waals surface area (Å²) in [6, 6.07) is 1.24. The Balaban J connectivity index is 0.908. The van der Waals surface area contributed by atoms with Gasteiger partial charge in [-0.05, 0) is 276 Å². The minimum Gasteiger partial charge on any atom is -0.294 e. The highest BCUT2D eigenvalue weighted by molar-refractivity contribution is 5.33. The molecule has 8 rings (SSSR count). The van der Waals surface area contributed by atoms with Crippen LogP contribution in [0.1, 0.15) is 226 Å². The minimum absolute atomic E-state index is 0.595. The maximum Gasteiger partial charge on any atom is 0.0281 e. The monoisotopic (exact) mass is 894 g/mol. The van der Waals surface area contributed by atoms with E-state index in [0.29, 0.717) is 18.0 Å². The van der Waals surface area contributed by atoms with E-state index in [-0.39, 0.29) is 0 Å². The fourth-order valence-electron chi connectivity index (χ4n) is 15.2. The summed E-state index contributed by atoms with van der Waals surface area (Å²) >= 11 is 0. The first kappa shape index (κ1) is 50.0. The standard InChI is InChI=1S/C65H99N/c1-4-19-54(55-22-12-7-13-23-55)28-18-47-66(64(5-2)44-29-50(3)53-20-10-6-11-21-53)65-45-42-61(43-46-65)60-38-40-62(41-39-60)63(48-51-30-34-58(35-31-51)56-24-14-8-15-25-56)49-52-32-36-59(37-33-52)57-26-16-9-17-27-57/h7-8,12,14,20,26,30,36,38,40,42,45,52,54-56,58,60-65H,3-6,9-11,13,15-19,21-25,27-29,31-35,37,39,41,43-44,46-49H2,1-2H3/t52-,54?,55?,56?,58?,60?,61?,62?,63?,64?,65?/m0/s1. The zero-order valence-corrected chi connectivity index (χ0v) is 43.0. The summed E-state index contributed by atoms with van der Waals surface area (Å²) in [7, 11) is 0. The van der Waals surface area contributed by atoms with Crippen molar-refractivity contribution in [2.45, 2.75) is 238 Å². The Morgan fingerprint density at radius 3 is 2.05 bits per heavy atom. The molecule has 8 aliphatic carbocycles. The fraction of sp³-hybridized carbons (Fsp3) is 0.723. The highest BCUT2D eigenvalue weighted by Gasteiger charge is 2.34. The number of rotatable bonds is 22. The van der Waals surface area contributed by atoms with Crippen molar-refractivity contribution in [2.24, 2.45) is 53.3 Å². The van der Waals surface area contributed by atoms with E-state index in [1.165, 1.54) is 224 Å². The molecule has 10 unspecified atom stereocenters. The molecule has 364 valence electrons. The van der Waals surface area contributed by atoms with Crippen LogP contribution in [0.3, 0.4) is 0 Å². The summed E-state index contributed by atoms with van der Waals surface area (Å²) in [6.07, 6.45) is 76.0. The van der Waals surface area contributed by atoms with Gasteiger partial charge in [-0.25, -0.2) is 0 Å². The zero-order chi connectivity index (χ0) is 45.3. The molecule has 0 aromatic heterocycles. The van der Waals surface area contributed by atoms with Crippen LogP contribution in [0.15, 0.2) is 107 Å². The topological polar surface area (TPSA) is 3.24 Å². The second-order valence-corrected chi connectivity index (χ2v) is 23.6. The Morgan fingerprint density at radius 2 is 1.41 bits per heavy atom. The predicted molar refractivity (Wildman–Crippen MR) is 287 cm³/mol. The van der Waals surface area contributed by atoms with Gasteiger partial charge in [-0.3, -0.25) is 4.90 Å². The normalized spacial score (nSPS) is 32.0. The third-order valence-corrected chi connectivity index (χ3v) is 19.4. The Kier molecular flexibility index (Phi) is 20.1. The van der Waals surface area contributed by atoms with Crippen molar-refractivity contribution in [3.8, 4) is 0 Å². The lowest BCUT2D eigenvalue weighted by molar-refractivity contribution is 0.121. The largest absolute Gasteiger partial charge is 0.294 e. The van der Waals surface area contributed by atoms with Crippen molar-refractivity contribution < 1.29 is 0 Å². The van der Waals surface area contributed by atoms with Crippen LogP contribution in [0.4, 0.5) is 0 Å².